The molecule has 0 spiro atoms. The third-order valence-corrected chi connectivity index (χ3v) is 5.89. The quantitative estimate of drug-likeness (QED) is 0.505. The van der Waals surface area contributed by atoms with E-state index in [4.69, 9.17) is 21.1 Å². The van der Waals surface area contributed by atoms with E-state index in [1.54, 1.807) is 23.1 Å². The number of ether oxygens (including phenoxy) is 2. The number of hydrogen-bond acceptors (Lipinski definition) is 7. The number of carbonyl (C=O) groups excluding carboxylic acids is 3. The van der Waals surface area contributed by atoms with Gasteiger partial charge in [-0.3, -0.25) is 4.79 Å². The second kappa shape index (κ2) is 12.5. The van der Waals surface area contributed by atoms with Crippen LogP contribution in [0.15, 0.2) is 36.5 Å². The number of piperazine rings is 1. The lowest BCUT2D eigenvalue weighted by Gasteiger charge is -2.36. The van der Waals surface area contributed by atoms with E-state index in [-0.39, 0.29) is 12.0 Å². The fraction of sp³-hybridized carbons (Fsp3) is 0.500. The Labute approximate surface area is 235 Å². The summed E-state index contributed by atoms with van der Waals surface area (Å²) in [6, 6.07) is 8.97. The van der Waals surface area contributed by atoms with Gasteiger partial charge in [0.15, 0.2) is 0 Å². The van der Waals surface area contributed by atoms with Crippen LogP contribution in [0.4, 0.5) is 21.1 Å². The third kappa shape index (κ3) is 9.62. The predicted molar refractivity (Wildman–Crippen MR) is 152 cm³/mol. The van der Waals surface area contributed by atoms with Crippen LogP contribution < -0.4 is 15.5 Å². The van der Waals surface area contributed by atoms with E-state index < -0.39 is 17.3 Å². The Morgan fingerprint density at radius 2 is 1.56 bits per heavy atom. The van der Waals surface area contributed by atoms with Crippen LogP contribution in [0, 0.1) is 0 Å². The van der Waals surface area contributed by atoms with E-state index in [0.29, 0.717) is 61.2 Å². The molecule has 1 aromatic heterocycles. The van der Waals surface area contributed by atoms with Crippen LogP contribution in [0.1, 0.15) is 57.5 Å². The summed E-state index contributed by atoms with van der Waals surface area (Å²) in [5.74, 6) is 0.242. The van der Waals surface area contributed by atoms with Crippen molar-refractivity contribution in [1.29, 1.82) is 0 Å². The maximum Gasteiger partial charge on any atom is 0.410 e. The fourth-order valence-electron chi connectivity index (χ4n) is 3.80. The number of aromatic nitrogens is 1. The van der Waals surface area contributed by atoms with Gasteiger partial charge in [0.1, 0.15) is 17.0 Å². The minimum absolute atomic E-state index is 0.329. The topological polar surface area (TPSA) is 113 Å². The monoisotopic (exact) mass is 559 g/mol. The number of rotatable bonds is 6. The average Bonchev–Trinajstić information content (AvgIpc) is 2.83. The molecule has 11 heteroatoms. The molecule has 1 aromatic carbocycles. The Kier molecular flexibility index (Phi) is 9.66. The molecule has 1 aliphatic rings. The van der Waals surface area contributed by atoms with Crippen LogP contribution in [-0.4, -0.2) is 71.9 Å². The highest BCUT2D eigenvalue weighted by molar-refractivity contribution is 6.33. The highest BCUT2D eigenvalue weighted by atomic mass is 35.5. The number of pyridine rings is 1. The zero-order valence-electron chi connectivity index (χ0n) is 23.5. The zero-order valence-corrected chi connectivity index (χ0v) is 24.2. The lowest BCUT2D eigenvalue weighted by molar-refractivity contribution is 0.0240. The van der Waals surface area contributed by atoms with Crippen molar-refractivity contribution in [3.8, 4) is 0 Å². The second-order valence-corrected chi connectivity index (χ2v) is 11.7. The van der Waals surface area contributed by atoms with Crippen molar-refractivity contribution in [3.63, 3.8) is 0 Å². The standard InChI is InChI=1S/C28H38ClN5O5/c1-27(2,3)38-25(36)30-12-11-19-7-9-21(10-8-19)32-24(35)20-17-22(29)23(31-18-20)33-13-15-34(16-14-33)26(37)39-28(4,5)6/h7-10,17-18H,11-16H2,1-6H3,(H,30,36)(H,32,35). The van der Waals surface area contributed by atoms with Gasteiger partial charge in [0, 0.05) is 44.6 Å². The zero-order chi connectivity index (χ0) is 28.8. The molecule has 0 bridgehead atoms. The van der Waals surface area contributed by atoms with Crippen molar-refractivity contribution in [2.45, 2.75) is 59.2 Å². The first kappa shape index (κ1) is 30.0. The van der Waals surface area contributed by atoms with Gasteiger partial charge in [0.25, 0.3) is 5.91 Å². The van der Waals surface area contributed by atoms with Crippen LogP contribution in [-0.2, 0) is 15.9 Å². The van der Waals surface area contributed by atoms with Gasteiger partial charge in [0.05, 0.1) is 10.6 Å². The first-order valence-electron chi connectivity index (χ1n) is 13.0. The molecule has 1 aliphatic heterocycles. The molecule has 3 rings (SSSR count). The lowest BCUT2D eigenvalue weighted by Crippen LogP contribution is -2.50. The Morgan fingerprint density at radius 3 is 2.13 bits per heavy atom. The lowest BCUT2D eigenvalue weighted by atomic mass is 10.1. The number of hydrogen-bond donors (Lipinski definition) is 2. The summed E-state index contributed by atoms with van der Waals surface area (Å²) >= 11 is 6.49. The summed E-state index contributed by atoms with van der Waals surface area (Å²) in [5.41, 5.74) is 0.884. The van der Waals surface area contributed by atoms with E-state index in [1.165, 1.54) is 6.20 Å². The van der Waals surface area contributed by atoms with Gasteiger partial charge >= 0.3 is 12.2 Å². The molecule has 0 radical (unpaired) electrons. The number of nitrogens with zero attached hydrogens (tertiary/aromatic N) is 3. The summed E-state index contributed by atoms with van der Waals surface area (Å²) in [6.45, 7) is 13.5. The Bertz CT molecular complexity index is 1170. The van der Waals surface area contributed by atoms with Crippen molar-refractivity contribution < 1.29 is 23.9 Å². The smallest absolute Gasteiger partial charge is 0.410 e. The Balaban J connectivity index is 1.50. The highest BCUT2D eigenvalue weighted by Gasteiger charge is 2.27. The average molecular weight is 560 g/mol. The minimum Gasteiger partial charge on any atom is -0.444 e. The first-order chi connectivity index (χ1) is 18.2. The molecule has 39 heavy (non-hydrogen) atoms. The molecular formula is C28H38ClN5O5. The van der Waals surface area contributed by atoms with Gasteiger partial charge in [0.2, 0.25) is 0 Å². The van der Waals surface area contributed by atoms with Gasteiger partial charge in [-0.05, 0) is 71.7 Å². The second-order valence-electron chi connectivity index (χ2n) is 11.3. The van der Waals surface area contributed by atoms with Crippen LogP contribution in [0.3, 0.4) is 0 Å². The summed E-state index contributed by atoms with van der Waals surface area (Å²) in [6.07, 6.45) is 1.33. The number of benzene rings is 1. The number of carbonyl (C=O) groups is 3. The summed E-state index contributed by atoms with van der Waals surface area (Å²) in [7, 11) is 0. The van der Waals surface area contributed by atoms with E-state index in [9.17, 15) is 14.4 Å². The van der Waals surface area contributed by atoms with E-state index in [2.05, 4.69) is 15.6 Å². The number of halogens is 1. The van der Waals surface area contributed by atoms with Gasteiger partial charge in [-0.25, -0.2) is 14.6 Å². The minimum atomic E-state index is -0.543. The van der Waals surface area contributed by atoms with Crippen molar-refractivity contribution in [3.05, 3.63) is 52.7 Å². The number of anilines is 2. The van der Waals surface area contributed by atoms with Crippen molar-refractivity contribution >= 4 is 41.2 Å². The first-order valence-corrected chi connectivity index (χ1v) is 13.3. The fourth-order valence-corrected chi connectivity index (χ4v) is 4.08. The van der Waals surface area contributed by atoms with E-state index >= 15 is 0 Å². The molecule has 0 saturated carbocycles. The molecule has 212 valence electrons. The molecule has 2 aromatic rings. The van der Waals surface area contributed by atoms with E-state index in [1.807, 2.05) is 58.6 Å². The molecule has 0 unspecified atom stereocenters. The molecule has 0 aliphatic carbocycles. The Morgan fingerprint density at radius 1 is 0.949 bits per heavy atom. The van der Waals surface area contributed by atoms with Gasteiger partial charge < -0.3 is 29.9 Å². The maximum absolute atomic E-state index is 12.8. The molecule has 2 heterocycles. The molecule has 2 N–H and O–H groups in total. The molecule has 1 saturated heterocycles. The molecular weight excluding hydrogens is 522 g/mol. The largest absolute Gasteiger partial charge is 0.444 e. The van der Waals surface area contributed by atoms with Crippen molar-refractivity contribution in [2.24, 2.45) is 0 Å². The summed E-state index contributed by atoms with van der Waals surface area (Å²) < 4.78 is 10.7. The molecule has 10 nitrogen and oxygen atoms in total. The van der Waals surface area contributed by atoms with Crippen LogP contribution >= 0.6 is 11.6 Å². The maximum atomic E-state index is 12.8. The highest BCUT2D eigenvalue weighted by Crippen LogP contribution is 2.26. The van der Waals surface area contributed by atoms with Crippen LogP contribution in [0.2, 0.25) is 5.02 Å². The van der Waals surface area contributed by atoms with Gasteiger partial charge in [-0.15, -0.1) is 0 Å². The summed E-state index contributed by atoms with van der Waals surface area (Å²) in [5, 5.41) is 5.94. The predicted octanol–water partition coefficient (Wildman–Crippen LogP) is 5.11. The van der Waals surface area contributed by atoms with Crippen molar-refractivity contribution in [1.82, 2.24) is 15.2 Å². The van der Waals surface area contributed by atoms with E-state index in [0.717, 1.165) is 5.56 Å². The number of amides is 3. The van der Waals surface area contributed by atoms with Crippen molar-refractivity contribution in [2.75, 3.05) is 42.9 Å². The molecule has 0 atom stereocenters. The van der Waals surface area contributed by atoms with Gasteiger partial charge in [-0.1, -0.05) is 23.7 Å². The van der Waals surface area contributed by atoms with Gasteiger partial charge in [-0.2, -0.15) is 0 Å². The number of alkyl carbamates (subject to hydrolysis) is 1. The molecule has 1 fully saturated rings. The summed E-state index contributed by atoms with van der Waals surface area (Å²) in [4.78, 5) is 44.9. The SMILES string of the molecule is CC(C)(C)OC(=O)NCCc1ccc(NC(=O)c2cnc(N3CCN(C(=O)OC(C)(C)C)CC3)c(Cl)c2)cc1. The number of nitrogens with one attached hydrogen (secondary N) is 2. The third-order valence-electron chi connectivity index (χ3n) is 5.61. The molecule has 3 amide bonds. The Hall–Kier alpha value is -3.53. The normalized spacial score (nSPS) is 14.0. The van der Waals surface area contributed by atoms with Crippen LogP contribution in [0.25, 0.3) is 0 Å². The van der Waals surface area contributed by atoms with Crippen LogP contribution in [0.5, 0.6) is 0 Å².